The van der Waals surface area contributed by atoms with Crippen LogP contribution in [0.5, 0.6) is 0 Å². The molecule has 2 heterocycles. The molecule has 0 aliphatic rings. The van der Waals surface area contributed by atoms with E-state index in [0.29, 0.717) is 22.2 Å². The van der Waals surface area contributed by atoms with Gasteiger partial charge in [0.1, 0.15) is 6.54 Å². The molecule has 1 unspecified atom stereocenters. The number of fused-ring (bicyclic) bond motifs is 1. The van der Waals surface area contributed by atoms with Crippen LogP contribution in [0, 0.1) is 0 Å². The number of carbonyl (C=O) groups is 1. The van der Waals surface area contributed by atoms with Crippen molar-refractivity contribution in [2.24, 2.45) is 0 Å². The predicted molar refractivity (Wildman–Crippen MR) is 99.8 cm³/mol. The van der Waals surface area contributed by atoms with Gasteiger partial charge in [0.2, 0.25) is 5.91 Å². The number of carbonyl (C=O) groups excluding carboxylic acids is 1. The van der Waals surface area contributed by atoms with Gasteiger partial charge >= 0.3 is 0 Å². The molecule has 0 bridgehead atoms. The first-order chi connectivity index (χ1) is 12.5. The minimum Gasteiger partial charge on any atom is -0.375 e. The molecule has 0 aliphatic heterocycles. The summed E-state index contributed by atoms with van der Waals surface area (Å²) < 4.78 is 7.34. The Hall–Kier alpha value is -2.65. The normalized spacial score (nSPS) is 12.1. The molecular weight excluding hydrogens is 402 g/mol. The fourth-order valence-electron chi connectivity index (χ4n) is 2.50. The lowest BCUT2D eigenvalue weighted by Gasteiger charge is -2.15. The molecule has 1 aromatic carbocycles. The number of rotatable bonds is 5. The molecule has 0 radical (unpaired) electrons. The first-order valence-electron chi connectivity index (χ1n) is 7.79. The first kappa shape index (κ1) is 18.2. The Morgan fingerprint density at radius 3 is 2.81 bits per heavy atom. The third kappa shape index (κ3) is 3.78. The van der Waals surface area contributed by atoms with Gasteiger partial charge in [0.25, 0.3) is 5.56 Å². The van der Waals surface area contributed by atoms with Crippen molar-refractivity contribution in [2.45, 2.75) is 19.6 Å². The van der Waals surface area contributed by atoms with Crippen LogP contribution < -0.4 is 10.9 Å². The first-order valence-corrected chi connectivity index (χ1v) is 8.58. The van der Waals surface area contributed by atoms with Crippen molar-refractivity contribution in [1.82, 2.24) is 20.0 Å². The van der Waals surface area contributed by atoms with Crippen molar-refractivity contribution in [1.29, 1.82) is 0 Å². The number of hydrogen-bond donors (Lipinski definition) is 1. The van der Waals surface area contributed by atoms with Crippen molar-refractivity contribution in [2.75, 3.05) is 12.4 Å². The highest BCUT2D eigenvalue weighted by atomic mass is 79.9. The van der Waals surface area contributed by atoms with Crippen LogP contribution in [0.1, 0.15) is 18.7 Å². The Morgan fingerprint density at radius 1 is 1.31 bits per heavy atom. The van der Waals surface area contributed by atoms with Gasteiger partial charge in [0.15, 0.2) is 0 Å². The van der Waals surface area contributed by atoms with E-state index in [1.165, 1.54) is 12.4 Å². The fourth-order valence-corrected chi connectivity index (χ4v) is 2.86. The highest BCUT2D eigenvalue weighted by molar-refractivity contribution is 9.10. The molecule has 0 saturated heterocycles. The minimum atomic E-state index is -0.389. The van der Waals surface area contributed by atoms with Crippen molar-refractivity contribution < 1.29 is 9.53 Å². The SMILES string of the molecule is COC(C)c1nn(CC(=O)Nc2ccnnc2)c(=O)c2ccc(Br)cc12. The second kappa shape index (κ2) is 7.71. The second-order valence-electron chi connectivity index (χ2n) is 5.60. The average Bonchev–Trinajstić information content (AvgIpc) is 2.64. The number of benzene rings is 1. The maximum atomic E-state index is 12.7. The summed E-state index contributed by atoms with van der Waals surface area (Å²) in [6.45, 7) is 1.61. The molecule has 3 aromatic rings. The molecule has 0 fully saturated rings. The molecule has 9 heteroatoms. The maximum Gasteiger partial charge on any atom is 0.275 e. The van der Waals surface area contributed by atoms with Crippen LogP contribution in [0.2, 0.25) is 0 Å². The Morgan fingerprint density at radius 2 is 2.12 bits per heavy atom. The largest absolute Gasteiger partial charge is 0.375 e. The summed E-state index contributed by atoms with van der Waals surface area (Å²) in [5.41, 5.74) is 0.734. The monoisotopic (exact) mass is 417 g/mol. The van der Waals surface area contributed by atoms with Gasteiger partial charge in [-0.1, -0.05) is 15.9 Å². The summed E-state index contributed by atoms with van der Waals surface area (Å²) in [7, 11) is 1.56. The van der Waals surface area contributed by atoms with E-state index < -0.39 is 0 Å². The molecule has 8 nitrogen and oxygen atoms in total. The van der Waals surface area contributed by atoms with E-state index in [1.54, 1.807) is 25.3 Å². The van der Waals surface area contributed by atoms with Crippen molar-refractivity contribution >= 4 is 38.3 Å². The molecular formula is C17H16BrN5O3. The van der Waals surface area contributed by atoms with Gasteiger partial charge in [-0.25, -0.2) is 4.68 Å². The molecule has 0 aliphatic carbocycles. The molecule has 1 amide bonds. The lowest BCUT2D eigenvalue weighted by molar-refractivity contribution is -0.117. The molecule has 0 spiro atoms. The zero-order chi connectivity index (χ0) is 18.7. The highest BCUT2D eigenvalue weighted by Gasteiger charge is 2.17. The van der Waals surface area contributed by atoms with Gasteiger partial charge in [-0.15, -0.1) is 0 Å². The van der Waals surface area contributed by atoms with E-state index in [4.69, 9.17) is 4.74 Å². The van der Waals surface area contributed by atoms with Gasteiger partial charge in [0, 0.05) is 17.0 Å². The zero-order valence-corrected chi connectivity index (χ0v) is 15.7. The number of ether oxygens (including phenoxy) is 1. The van der Waals surface area contributed by atoms with Crippen LogP contribution in [0.3, 0.4) is 0 Å². The van der Waals surface area contributed by atoms with Gasteiger partial charge in [0.05, 0.1) is 35.3 Å². The Balaban J connectivity index is 2.00. The van der Waals surface area contributed by atoms with E-state index in [2.05, 4.69) is 36.5 Å². The molecule has 0 saturated carbocycles. The summed E-state index contributed by atoms with van der Waals surface area (Å²) in [6, 6.07) is 6.91. The quantitative estimate of drug-likeness (QED) is 0.683. The second-order valence-corrected chi connectivity index (χ2v) is 6.51. The van der Waals surface area contributed by atoms with Gasteiger partial charge in [-0.2, -0.15) is 15.3 Å². The van der Waals surface area contributed by atoms with Gasteiger partial charge in [-0.3, -0.25) is 9.59 Å². The van der Waals surface area contributed by atoms with Crippen molar-refractivity contribution in [3.8, 4) is 0 Å². The molecule has 26 heavy (non-hydrogen) atoms. The number of halogens is 1. The standard InChI is InChI=1S/C17H16BrN5O3/c1-10(26-2)16-14-7-11(18)3-4-13(14)17(25)23(22-16)9-15(24)21-12-5-6-19-20-8-12/h3-8,10H,9H2,1-2H3,(H,19,21,24). The maximum absolute atomic E-state index is 12.7. The predicted octanol–water partition coefficient (Wildman–Crippen LogP) is 2.30. The van der Waals surface area contributed by atoms with Crippen LogP contribution in [-0.4, -0.2) is 33.0 Å². The summed E-state index contributed by atoms with van der Waals surface area (Å²) in [5, 5.41) is 15.5. The molecule has 2 aromatic heterocycles. The van der Waals surface area contributed by atoms with Gasteiger partial charge < -0.3 is 10.1 Å². The Kier molecular flexibility index (Phi) is 5.38. The molecule has 3 rings (SSSR count). The number of anilines is 1. The highest BCUT2D eigenvalue weighted by Crippen LogP contribution is 2.25. The lowest BCUT2D eigenvalue weighted by atomic mass is 10.1. The van der Waals surface area contributed by atoms with E-state index in [9.17, 15) is 9.59 Å². The Labute approximate surface area is 157 Å². The summed E-state index contributed by atoms with van der Waals surface area (Å²) in [4.78, 5) is 25.0. The summed E-state index contributed by atoms with van der Waals surface area (Å²) in [5.74, 6) is -0.389. The number of nitrogens with zero attached hydrogens (tertiary/aromatic N) is 4. The van der Waals surface area contributed by atoms with Crippen LogP contribution in [0.15, 0.2) is 45.9 Å². The fraction of sp³-hybridized carbons (Fsp3) is 0.235. The molecule has 1 atom stereocenters. The van der Waals surface area contributed by atoms with Gasteiger partial charge in [-0.05, 0) is 31.2 Å². The van der Waals surface area contributed by atoms with Crippen LogP contribution in [0.4, 0.5) is 5.69 Å². The van der Waals surface area contributed by atoms with Crippen molar-refractivity contribution in [3.63, 3.8) is 0 Å². The van der Waals surface area contributed by atoms with Crippen LogP contribution >= 0.6 is 15.9 Å². The minimum absolute atomic E-state index is 0.226. The number of amides is 1. The van der Waals surface area contributed by atoms with Crippen LogP contribution in [0.25, 0.3) is 10.8 Å². The third-order valence-electron chi connectivity index (χ3n) is 3.85. The van der Waals surface area contributed by atoms with E-state index in [1.807, 2.05) is 13.0 Å². The van der Waals surface area contributed by atoms with Crippen molar-refractivity contribution in [3.05, 3.63) is 57.2 Å². The number of hydrogen-bond acceptors (Lipinski definition) is 6. The number of methoxy groups -OCH3 is 1. The van der Waals surface area contributed by atoms with E-state index in [-0.39, 0.29) is 24.1 Å². The lowest BCUT2D eigenvalue weighted by Crippen LogP contribution is -2.31. The summed E-state index contributed by atoms with van der Waals surface area (Å²) >= 11 is 3.41. The number of aromatic nitrogens is 4. The summed E-state index contributed by atoms with van der Waals surface area (Å²) in [6.07, 6.45) is 2.54. The van der Waals surface area contributed by atoms with Crippen LogP contribution in [-0.2, 0) is 16.1 Å². The smallest absolute Gasteiger partial charge is 0.275 e. The molecule has 134 valence electrons. The number of nitrogens with one attached hydrogen (secondary N) is 1. The molecule has 1 N–H and O–H groups in total. The van der Waals surface area contributed by atoms with E-state index in [0.717, 1.165) is 9.15 Å². The average molecular weight is 418 g/mol. The Bertz CT molecular complexity index is 1010. The van der Waals surface area contributed by atoms with E-state index >= 15 is 0 Å². The zero-order valence-electron chi connectivity index (χ0n) is 14.1. The topological polar surface area (TPSA) is 99.0 Å². The third-order valence-corrected chi connectivity index (χ3v) is 4.34.